The highest BCUT2D eigenvalue weighted by atomic mass is 16.5. The summed E-state index contributed by atoms with van der Waals surface area (Å²) in [5, 5.41) is 2.92. The van der Waals surface area contributed by atoms with E-state index in [0.29, 0.717) is 13.0 Å². The van der Waals surface area contributed by atoms with E-state index < -0.39 is 0 Å². The Kier molecular flexibility index (Phi) is 3.63. The van der Waals surface area contributed by atoms with Gasteiger partial charge < -0.3 is 10.1 Å². The number of amides is 1. The quantitative estimate of drug-likeness (QED) is 0.921. The summed E-state index contributed by atoms with van der Waals surface area (Å²) in [5.41, 5.74) is 3.28. The van der Waals surface area contributed by atoms with Gasteiger partial charge in [0.25, 0.3) is 0 Å². The van der Waals surface area contributed by atoms with E-state index >= 15 is 0 Å². The van der Waals surface area contributed by atoms with E-state index in [9.17, 15) is 4.79 Å². The van der Waals surface area contributed by atoms with Gasteiger partial charge in [-0.05, 0) is 34.9 Å². The Morgan fingerprint density at radius 3 is 2.90 bits per heavy atom. The SMILES string of the molecule is O=C(Cc1ccc2c(c1)CCO2)NCc1ccncc1. The molecular formula is C16H16N2O2. The third-order valence-electron chi connectivity index (χ3n) is 3.36. The second-order valence-corrected chi connectivity index (χ2v) is 4.85. The van der Waals surface area contributed by atoms with Crippen LogP contribution in [0.5, 0.6) is 5.75 Å². The van der Waals surface area contributed by atoms with Crippen LogP contribution in [-0.2, 0) is 24.2 Å². The van der Waals surface area contributed by atoms with Crippen molar-refractivity contribution in [2.45, 2.75) is 19.4 Å². The van der Waals surface area contributed by atoms with Crippen LogP contribution in [0, 0.1) is 0 Å². The van der Waals surface area contributed by atoms with Gasteiger partial charge in [0.05, 0.1) is 13.0 Å². The first-order chi connectivity index (χ1) is 9.81. The van der Waals surface area contributed by atoms with E-state index in [1.165, 1.54) is 5.56 Å². The summed E-state index contributed by atoms with van der Waals surface area (Å²) < 4.78 is 5.46. The minimum Gasteiger partial charge on any atom is -0.493 e. The molecule has 0 radical (unpaired) electrons. The molecule has 0 saturated carbocycles. The van der Waals surface area contributed by atoms with Crippen LogP contribution in [-0.4, -0.2) is 17.5 Å². The second kappa shape index (κ2) is 5.74. The van der Waals surface area contributed by atoms with Gasteiger partial charge in [0.15, 0.2) is 0 Å². The fraction of sp³-hybridized carbons (Fsp3) is 0.250. The Hall–Kier alpha value is -2.36. The van der Waals surface area contributed by atoms with Gasteiger partial charge in [-0.1, -0.05) is 12.1 Å². The number of nitrogens with one attached hydrogen (secondary N) is 1. The zero-order chi connectivity index (χ0) is 13.8. The number of fused-ring (bicyclic) bond motifs is 1. The van der Waals surface area contributed by atoms with Gasteiger partial charge in [-0.25, -0.2) is 0 Å². The first-order valence-electron chi connectivity index (χ1n) is 6.71. The maximum atomic E-state index is 11.9. The van der Waals surface area contributed by atoms with Crippen LogP contribution in [0.1, 0.15) is 16.7 Å². The lowest BCUT2D eigenvalue weighted by molar-refractivity contribution is -0.120. The Bertz CT molecular complexity index is 611. The molecule has 20 heavy (non-hydrogen) atoms. The molecule has 2 aromatic rings. The van der Waals surface area contributed by atoms with Crippen molar-refractivity contribution in [1.29, 1.82) is 0 Å². The van der Waals surface area contributed by atoms with Crippen LogP contribution in [0.3, 0.4) is 0 Å². The molecule has 1 amide bonds. The van der Waals surface area contributed by atoms with Crippen molar-refractivity contribution in [2.75, 3.05) is 6.61 Å². The van der Waals surface area contributed by atoms with Crippen molar-refractivity contribution in [3.8, 4) is 5.75 Å². The fourth-order valence-corrected chi connectivity index (χ4v) is 2.30. The third kappa shape index (κ3) is 2.96. The smallest absolute Gasteiger partial charge is 0.224 e. The van der Waals surface area contributed by atoms with Crippen LogP contribution < -0.4 is 10.1 Å². The molecule has 4 nitrogen and oxygen atoms in total. The minimum atomic E-state index is 0.0284. The molecule has 1 aromatic heterocycles. The molecule has 0 fully saturated rings. The number of hydrogen-bond donors (Lipinski definition) is 1. The number of nitrogens with zero attached hydrogens (tertiary/aromatic N) is 1. The predicted octanol–water partition coefficient (Wildman–Crippen LogP) is 1.88. The second-order valence-electron chi connectivity index (χ2n) is 4.85. The number of carbonyl (C=O) groups excluding carboxylic acids is 1. The van der Waals surface area contributed by atoms with Crippen LogP contribution in [0.15, 0.2) is 42.7 Å². The lowest BCUT2D eigenvalue weighted by Gasteiger charge is -2.06. The summed E-state index contributed by atoms with van der Waals surface area (Å²) in [6.45, 7) is 1.28. The number of rotatable bonds is 4. The third-order valence-corrected chi connectivity index (χ3v) is 3.36. The maximum Gasteiger partial charge on any atom is 0.224 e. The van der Waals surface area contributed by atoms with Crippen molar-refractivity contribution in [2.24, 2.45) is 0 Å². The summed E-state index contributed by atoms with van der Waals surface area (Å²) in [5.74, 6) is 0.978. The Morgan fingerprint density at radius 1 is 1.20 bits per heavy atom. The Labute approximate surface area is 117 Å². The average Bonchev–Trinajstić information content (AvgIpc) is 2.94. The zero-order valence-corrected chi connectivity index (χ0v) is 11.1. The standard InChI is InChI=1S/C16H16N2O2/c19-16(18-11-12-3-6-17-7-4-12)10-13-1-2-15-14(9-13)5-8-20-15/h1-4,6-7,9H,5,8,10-11H2,(H,18,19). The normalized spacial score (nSPS) is 12.6. The van der Waals surface area contributed by atoms with E-state index in [4.69, 9.17) is 4.74 Å². The van der Waals surface area contributed by atoms with Crippen LogP contribution in [0.4, 0.5) is 0 Å². The molecule has 1 aromatic carbocycles. The molecule has 3 rings (SSSR count). The minimum absolute atomic E-state index is 0.0284. The first-order valence-corrected chi connectivity index (χ1v) is 6.71. The van der Waals surface area contributed by atoms with Crippen molar-refractivity contribution in [3.05, 3.63) is 59.4 Å². The molecule has 102 valence electrons. The highest BCUT2D eigenvalue weighted by Crippen LogP contribution is 2.25. The number of hydrogen-bond acceptors (Lipinski definition) is 3. The van der Waals surface area contributed by atoms with Crippen LogP contribution in [0.2, 0.25) is 0 Å². The Morgan fingerprint density at radius 2 is 2.05 bits per heavy atom. The van der Waals surface area contributed by atoms with E-state index in [-0.39, 0.29) is 5.91 Å². The zero-order valence-electron chi connectivity index (χ0n) is 11.1. The van der Waals surface area contributed by atoms with Crippen molar-refractivity contribution >= 4 is 5.91 Å². The molecule has 0 spiro atoms. The molecule has 4 heteroatoms. The van der Waals surface area contributed by atoms with E-state index in [1.807, 2.05) is 24.3 Å². The summed E-state index contributed by atoms with van der Waals surface area (Å²) in [4.78, 5) is 15.9. The van der Waals surface area contributed by atoms with E-state index in [1.54, 1.807) is 12.4 Å². The molecule has 2 heterocycles. The molecule has 1 aliphatic heterocycles. The largest absolute Gasteiger partial charge is 0.493 e. The van der Waals surface area contributed by atoms with Crippen LogP contribution in [0.25, 0.3) is 0 Å². The molecule has 0 aliphatic carbocycles. The van der Waals surface area contributed by atoms with E-state index in [2.05, 4.69) is 16.4 Å². The lowest BCUT2D eigenvalue weighted by Crippen LogP contribution is -2.24. The number of pyridine rings is 1. The highest BCUT2D eigenvalue weighted by molar-refractivity contribution is 5.78. The lowest BCUT2D eigenvalue weighted by atomic mass is 10.1. The fourth-order valence-electron chi connectivity index (χ4n) is 2.30. The first kappa shape index (κ1) is 12.7. The molecule has 0 bridgehead atoms. The summed E-state index contributed by atoms with van der Waals surface area (Å²) in [6.07, 6.45) is 4.78. The van der Waals surface area contributed by atoms with Crippen molar-refractivity contribution < 1.29 is 9.53 Å². The molecule has 0 unspecified atom stereocenters. The molecule has 1 aliphatic rings. The average molecular weight is 268 g/mol. The van der Waals surface area contributed by atoms with Gasteiger partial charge in [0.1, 0.15) is 5.75 Å². The van der Waals surface area contributed by atoms with Gasteiger partial charge in [-0.3, -0.25) is 9.78 Å². The van der Waals surface area contributed by atoms with E-state index in [0.717, 1.165) is 29.9 Å². The maximum absolute atomic E-state index is 11.9. The predicted molar refractivity (Wildman–Crippen MR) is 75.4 cm³/mol. The van der Waals surface area contributed by atoms with Gasteiger partial charge in [-0.2, -0.15) is 0 Å². The van der Waals surface area contributed by atoms with Crippen molar-refractivity contribution in [1.82, 2.24) is 10.3 Å². The van der Waals surface area contributed by atoms with Gasteiger partial charge in [0, 0.05) is 25.4 Å². The monoisotopic (exact) mass is 268 g/mol. The van der Waals surface area contributed by atoms with Crippen molar-refractivity contribution in [3.63, 3.8) is 0 Å². The van der Waals surface area contributed by atoms with Gasteiger partial charge >= 0.3 is 0 Å². The molecule has 0 atom stereocenters. The number of carbonyl (C=O) groups is 1. The molecule has 1 N–H and O–H groups in total. The number of aromatic nitrogens is 1. The topological polar surface area (TPSA) is 51.2 Å². The highest BCUT2D eigenvalue weighted by Gasteiger charge is 2.13. The van der Waals surface area contributed by atoms with Gasteiger partial charge in [-0.15, -0.1) is 0 Å². The number of benzene rings is 1. The Balaban J connectivity index is 1.56. The summed E-state index contributed by atoms with van der Waals surface area (Å²) in [6, 6.07) is 9.76. The van der Waals surface area contributed by atoms with Crippen LogP contribution >= 0.6 is 0 Å². The summed E-state index contributed by atoms with van der Waals surface area (Å²) in [7, 11) is 0. The molecular weight excluding hydrogens is 252 g/mol. The summed E-state index contributed by atoms with van der Waals surface area (Å²) >= 11 is 0. The molecule has 0 saturated heterocycles. The van der Waals surface area contributed by atoms with Gasteiger partial charge in [0.2, 0.25) is 5.91 Å². The number of ether oxygens (including phenoxy) is 1.